The molecule has 3 rings (SSSR count). The molecular weight excluding hydrogens is 306 g/mol. The number of carbonyl (C=O) groups is 1. The van der Waals surface area contributed by atoms with Crippen molar-refractivity contribution >= 4 is 34.7 Å². The summed E-state index contributed by atoms with van der Waals surface area (Å²) in [6.07, 6.45) is 2.02. The van der Waals surface area contributed by atoms with Crippen molar-refractivity contribution in [1.29, 1.82) is 0 Å². The van der Waals surface area contributed by atoms with Crippen molar-refractivity contribution in [3.8, 4) is 11.3 Å². The van der Waals surface area contributed by atoms with Gasteiger partial charge in [0, 0.05) is 12.1 Å². The average Bonchev–Trinajstić information content (AvgIpc) is 2.97. The molecular formula is C15H18ClN3OS. The Kier molecular flexibility index (Phi) is 5.73. The molecule has 1 aliphatic rings. The van der Waals surface area contributed by atoms with Gasteiger partial charge in [0.1, 0.15) is 10.7 Å². The molecule has 0 spiro atoms. The molecule has 1 aromatic heterocycles. The van der Waals surface area contributed by atoms with Crippen LogP contribution in [0, 0.1) is 5.92 Å². The fraction of sp³-hybridized carbons (Fsp3) is 0.333. The maximum atomic E-state index is 12.3. The molecule has 4 nitrogen and oxygen atoms in total. The van der Waals surface area contributed by atoms with E-state index in [2.05, 4.69) is 15.6 Å². The van der Waals surface area contributed by atoms with Crippen LogP contribution in [0.5, 0.6) is 0 Å². The topological polar surface area (TPSA) is 54.0 Å². The highest BCUT2D eigenvalue weighted by molar-refractivity contribution is 7.14. The number of thiazole rings is 1. The van der Waals surface area contributed by atoms with E-state index >= 15 is 0 Å². The van der Waals surface area contributed by atoms with E-state index in [1.54, 1.807) is 5.51 Å². The lowest BCUT2D eigenvalue weighted by molar-refractivity contribution is -0.120. The van der Waals surface area contributed by atoms with Crippen LogP contribution in [0.2, 0.25) is 0 Å². The van der Waals surface area contributed by atoms with Gasteiger partial charge in [-0.15, -0.1) is 23.7 Å². The number of nitrogens with one attached hydrogen (secondary N) is 2. The fourth-order valence-corrected chi connectivity index (χ4v) is 3.13. The van der Waals surface area contributed by atoms with Crippen molar-refractivity contribution in [3.05, 3.63) is 35.8 Å². The van der Waals surface area contributed by atoms with Crippen molar-refractivity contribution < 1.29 is 4.79 Å². The molecule has 1 atom stereocenters. The minimum Gasteiger partial charge on any atom is -0.316 e. The highest BCUT2D eigenvalue weighted by atomic mass is 35.5. The predicted molar refractivity (Wildman–Crippen MR) is 89.0 cm³/mol. The second-order valence-electron chi connectivity index (χ2n) is 4.93. The third-order valence-electron chi connectivity index (χ3n) is 3.52. The van der Waals surface area contributed by atoms with Gasteiger partial charge < -0.3 is 10.6 Å². The Morgan fingerprint density at radius 3 is 2.86 bits per heavy atom. The number of benzene rings is 1. The first-order valence-electron chi connectivity index (χ1n) is 6.85. The summed E-state index contributed by atoms with van der Waals surface area (Å²) in [6, 6.07) is 9.94. The average molecular weight is 324 g/mol. The van der Waals surface area contributed by atoms with E-state index in [1.807, 2.05) is 30.3 Å². The molecule has 2 aromatic rings. The van der Waals surface area contributed by atoms with E-state index in [0.29, 0.717) is 0 Å². The van der Waals surface area contributed by atoms with Gasteiger partial charge in [-0.25, -0.2) is 4.98 Å². The minimum atomic E-state index is 0. The number of amides is 1. The van der Waals surface area contributed by atoms with E-state index < -0.39 is 0 Å². The zero-order chi connectivity index (χ0) is 13.8. The Morgan fingerprint density at radius 2 is 2.14 bits per heavy atom. The number of hydrogen-bond donors (Lipinski definition) is 2. The number of carbonyl (C=O) groups excluding carboxylic acids is 1. The fourth-order valence-electron chi connectivity index (χ4n) is 2.43. The van der Waals surface area contributed by atoms with Crippen LogP contribution in [0.4, 0.5) is 5.00 Å². The molecule has 6 heteroatoms. The van der Waals surface area contributed by atoms with Gasteiger partial charge in [0.2, 0.25) is 5.91 Å². The normalized spacial score (nSPS) is 17.8. The van der Waals surface area contributed by atoms with Gasteiger partial charge in [-0.05, 0) is 19.4 Å². The molecule has 1 saturated heterocycles. The van der Waals surface area contributed by atoms with E-state index in [9.17, 15) is 4.79 Å². The van der Waals surface area contributed by atoms with Gasteiger partial charge in [0.15, 0.2) is 0 Å². The van der Waals surface area contributed by atoms with Gasteiger partial charge in [0.25, 0.3) is 0 Å². The highest BCUT2D eigenvalue weighted by Crippen LogP contribution is 2.30. The SMILES string of the molecule is Cl.O=C(Nc1scnc1-c1ccccc1)C1CCCNC1. The standard InChI is InChI=1S/C15H17N3OS.ClH/c19-14(12-7-4-8-16-9-12)18-15-13(17-10-20-15)11-5-2-1-3-6-11;/h1-3,5-6,10,12,16H,4,7-9H2,(H,18,19);1H. The molecule has 2 heterocycles. The second-order valence-corrected chi connectivity index (χ2v) is 5.78. The first-order valence-corrected chi connectivity index (χ1v) is 7.73. The number of anilines is 1. The largest absolute Gasteiger partial charge is 0.316 e. The van der Waals surface area contributed by atoms with Crippen molar-refractivity contribution in [2.75, 3.05) is 18.4 Å². The number of aromatic nitrogens is 1. The molecule has 1 aliphatic heterocycles. The Labute approximate surface area is 134 Å². The van der Waals surface area contributed by atoms with Crippen LogP contribution in [-0.4, -0.2) is 24.0 Å². The number of halogens is 1. The Bertz CT molecular complexity index is 582. The summed E-state index contributed by atoms with van der Waals surface area (Å²) in [4.78, 5) is 16.6. The quantitative estimate of drug-likeness (QED) is 0.912. The lowest BCUT2D eigenvalue weighted by atomic mass is 9.99. The Morgan fingerprint density at radius 1 is 1.33 bits per heavy atom. The Hall–Kier alpha value is -1.43. The van der Waals surface area contributed by atoms with Crippen molar-refractivity contribution in [3.63, 3.8) is 0 Å². The third kappa shape index (κ3) is 3.81. The molecule has 1 fully saturated rings. The van der Waals surface area contributed by atoms with E-state index in [1.165, 1.54) is 11.3 Å². The zero-order valence-corrected chi connectivity index (χ0v) is 13.2. The molecule has 2 N–H and O–H groups in total. The molecule has 21 heavy (non-hydrogen) atoms. The summed E-state index contributed by atoms with van der Waals surface area (Å²) in [6.45, 7) is 1.78. The summed E-state index contributed by atoms with van der Waals surface area (Å²) < 4.78 is 0. The first-order chi connectivity index (χ1) is 9.84. The molecule has 0 radical (unpaired) electrons. The van der Waals surface area contributed by atoms with Crippen LogP contribution >= 0.6 is 23.7 Å². The van der Waals surface area contributed by atoms with Gasteiger partial charge in [0.05, 0.1) is 11.4 Å². The number of rotatable bonds is 3. The van der Waals surface area contributed by atoms with Crippen LogP contribution in [0.15, 0.2) is 35.8 Å². The highest BCUT2D eigenvalue weighted by Gasteiger charge is 2.22. The summed E-state index contributed by atoms with van der Waals surface area (Å²) in [7, 11) is 0. The predicted octanol–water partition coefficient (Wildman–Crippen LogP) is 3.17. The first kappa shape index (κ1) is 15.9. The maximum Gasteiger partial charge on any atom is 0.229 e. The van der Waals surface area contributed by atoms with Crippen LogP contribution < -0.4 is 10.6 Å². The zero-order valence-electron chi connectivity index (χ0n) is 11.5. The molecule has 1 amide bonds. The third-order valence-corrected chi connectivity index (χ3v) is 4.26. The van der Waals surface area contributed by atoms with Crippen LogP contribution in [0.3, 0.4) is 0 Å². The monoisotopic (exact) mass is 323 g/mol. The Balaban J connectivity index is 0.00000161. The second kappa shape index (κ2) is 7.54. The molecule has 112 valence electrons. The summed E-state index contributed by atoms with van der Waals surface area (Å²) in [5, 5.41) is 7.14. The van der Waals surface area contributed by atoms with Crippen molar-refractivity contribution in [2.24, 2.45) is 5.92 Å². The van der Waals surface area contributed by atoms with Crippen LogP contribution in [0.25, 0.3) is 11.3 Å². The molecule has 0 saturated carbocycles. The van der Waals surface area contributed by atoms with Gasteiger partial charge >= 0.3 is 0 Å². The van der Waals surface area contributed by atoms with E-state index in [-0.39, 0.29) is 24.2 Å². The number of piperidine rings is 1. The van der Waals surface area contributed by atoms with Crippen LogP contribution in [0.1, 0.15) is 12.8 Å². The lowest BCUT2D eigenvalue weighted by Gasteiger charge is -2.21. The van der Waals surface area contributed by atoms with Crippen molar-refractivity contribution in [1.82, 2.24) is 10.3 Å². The van der Waals surface area contributed by atoms with Crippen molar-refractivity contribution in [2.45, 2.75) is 12.8 Å². The summed E-state index contributed by atoms with van der Waals surface area (Å²) >= 11 is 1.47. The molecule has 0 aliphatic carbocycles. The van der Waals surface area contributed by atoms with Gasteiger partial charge in [-0.3, -0.25) is 4.79 Å². The van der Waals surface area contributed by atoms with Gasteiger partial charge in [-0.2, -0.15) is 0 Å². The van der Waals surface area contributed by atoms with Crippen LogP contribution in [-0.2, 0) is 4.79 Å². The molecule has 1 unspecified atom stereocenters. The van der Waals surface area contributed by atoms with E-state index in [4.69, 9.17) is 0 Å². The smallest absolute Gasteiger partial charge is 0.229 e. The number of nitrogens with zero attached hydrogens (tertiary/aromatic N) is 1. The summed E-state index contributed by atoms with van der Waals surface area (Å²) in [5.41, 5.74) is 3.66. The summed E-state index contributed by atoms with van der Waals surface area (Å²) in [5.74, 6) is 0.160. The molecule has 1 aromatic carbocycles. The van der Waals surface area contributed by atoms with Gasteiger partial charge in [-0.1, -0.05) is 30.3 Å². The maximum absolute atomic E-state index is 12.3. The molecule has 0 bridgehead atoms. The van der Waals surface area contributed by atoms with E-state index in [0.717, 1.165) is 42.2 Å². The lowest BCUT2D eigenvalue weighted by Crippen LogP contribution is -2.37. The minimum absolute atomic E-state index is 0. The number of hydrogen-bond acceptors (Lipinski definition) is 4.